The van der Waals surface area contributed by atoms with Gasteiger partial charge >= 0.3 is 11.9 Å². The molecule has 3 aliphatic rings. The number of nitrogens with two attached hydrogens (primary N) is 1. The molecule has 1 amide bonds. The van der Waals surface area contributed by atoms with Crippen molar-refractivity contribution >= 4 is 51.5 Å². The fraction of sp³-hybridized carbons (Fsp3) is 0.390. The van der Waals surface area contributed by atoms with Gasteiger partial charge in [0.1, 0.15) is 16.9 Å². The van der Waals surface area contributed by atoms with Crippen LogP contribution < -0.4 is 27.0 Å². The Labute approximate surface area is 335 Å². The molecule has 4 heterocycles. The number of alkyl halides is 3. The number of hydrogen-bond acceptors (Lipinski definition) is 8. The summed E-state index contributed by atoms with van der Waals surface area (Å²) in [4.78, 5) is 49.2. The van der Waals surface area contributed by atoms with Crippen LogP contribution in [-0.4, -0.2) is 50.1 Å². The van der Waals surface area contributed by atoms with Gasteiger partial charge in [0.2, 0.25) is 11.8 Å². The summed E-state index contributed by atoms with van der Waals surface area (Å²) in [7, 11) is 4.11. The van der Waals surface area contributed by atoms with Gasteiger partial charge in [0.25, 0.3) is 5.56 Å². The zero-order chi connectivity index (χ0) is 40.6. The number of benzene rings is 2. The van der Waals surface area contributed by atoms with Gasteiger partial charge in [-0.2, -0.15) is 13.2 Å². The van der Waals surface area contributed by atoms with Gasteiger partial charge < -0.3 is 15.8 Å². The second kappa shape index (κ2) is 14.2. The third-order valence-corrected chi connectivity index (χ3v) is 13.3. The molecule has 0 spiro atoms. The first-order chi connectivity index (χ1) is 27.0. The zero-order valence-electron chi connectivity index (χ0n) is 31.5. The molecule has 298 valence electrons. The summed E-state index contributed by atoms with van der Waals surface area (Å²) in [5.41, 5.74) is 7.01. The molecule has 1 aliphatic heterocycles. The molecule has 2 bridgehead atoms. The Morgan fingerprint density at radius 1 is 0.965 bits per heavy atom. The van der Waals surface area contributed by atoms with E-state index >= 15 is 0 Å². The predicted octanol–water partition coefficient (Wildman–Crippen LogP) is 7.62. The van der Waals surface area contributed by atoms with Crippen LogP contribution in [0.1, 0.15) is 55.3 Å². The Bertz CT molecular complexity index is 2600. The molecule has 5 aromatic rings. The minimum atomic E-state index is -4.88. The van der Waals surface area contributed by atoms with E-state index in [9.17, 15) is 27.6 Å². The van der Waals surface area contributed by atoms with E-state index in [2.05, 4.69) is 15.2 Å². The molecule has 8 rings (SSSR count). The number of carbonyl (C=O) groups excluding carboxylic acids is 1. The van der Waals surface area contributed by atoms with Gasteiger partial charge in [-0.25, -0.2) is 14.8 Å². The van der Waals surface area contributed by atoms with Crippen molar-refractivity contribution in [2.45, 2.75) is 57.7 Å². The van der Waals surface area contributed by atoms with Crippen molar-refractivity contribution in [3.05, 3.63) is 96.2 Å². The second-order valence-corrected chi connectivity index (χ2v) is 16.4. The summed E-state index contributed by atoms with van der Waals surface area (Å²) in [5.74, 6) is -0.0485. The molecule has 2 aromatic carbocycles. The van der Waals surface area contributed by atoms with Crippen LogP contribution in [0.5, 0.6) is 5.88 Å². The van der Waals surface area contributed by atoms with Gasteiger partial charge in [0.15, 0.2) is 0 Å². The van der Waals surface area contributed by atoms with Crippen molar-refractivity contribution in [2.24, 2.45) is 30.7 Å². The number of aromatic nitrogens is 4. The maximum Gasteiger partial charge on any atom is 0.433 e. The first-order valence-corrected chi connectivity index (χ1v) is 19.4. The van der Waals surface area contributed by atoms with Crippen LogP contribution in [0.4, 0.5) is 24.7 Å². The highest BCUT2D eigenvalue weighted by molar-refractivity contribution is 6.39. The van der Waals surface area contributed by atoms with E-state index in [1.807, 2.05) is 18.2 Å². The fourth-order valence-corrected chi connectivity index (χ4v) is 9.82. The Morgan fingerprint density at radius 2 is 1.65 bits per heavy atom. The van der Waals surface area contributed by atoms with Crippen molar-refractivity contribution in [2.75, 3.05) is 25.5 Å². The maximum atomic E-state index is 14.0. The van der Waals surface area contributed by atoms with Crippen LogP contribution in [0.25, 0.3) is 33.3 Å². The number of hydrogen-bond donors (Lipinski definition) is 2. The van der Waals surface area contributed by atoms with Crippen LogP contribution in [0, 0.1) is 10.8 Å². The molecule has 2 saturated carbocycles. The van der Waals surface area contributed by atoms with Gasteiger partial charge in [0, 0.05) is 54.9 Å². The molecule has 57 heavy (non-hydrogen) atoms. The van der Waals surface area contributed by atoms with Gasteiger partial charge in [-0.1, -0.05) is 53.5 Å². The van der Waals surface area contributed by atoms with Crippen LogP contribution in [-0.2, 0) is 38.0 Å². The van der Waals surface area contributed by atoms with E-state index in [0.29, 0.717) is 45.9 Å². The second-order valence-electron chi connectivity index (χ2n) is 15.7. The van der Waals surface area contributed by atoms with Crippen molar-refractivity contribution in [3.63, 3.8) is 0 Å². The molecule has 11 nitrogen and oxygen atoms in total. The van der Waals surface area contributed by atoms with Gasteiger partial charge in [-0.05, 0) is 80.7 Å². The number of carbonyl (C=O) groups is 1. The van der Waals surface area contributed by atoms with Crippen molar-refractivity contribution < 1.29 is 22.7 Å². The lowest BCUT2D eigenvalue weighted by Gasteiger charge is -2.33. The van der Waals surface area contributed by atoms with Crippen LogP contribution >= 0.6 is 23.2 Å². The Balaban J connectivity index is 1.11. The SMILES string of the molecule is COc1nc(-c2cccc(-c3cccc(Nc4nc(C(F)(F)F)cc5c4c(=O)n(C)c(=O)n5C)c3Cl)c2Cl)cc2c1CCN(CCC13CCC(C(N)=O)(CC1)C3)C2. The highest BCUT2D eigenvalue weighted by Gasteiger charge is 2.56. The smallest absolute Gasteiger partial charge is 0.433 e. The number of anilines is 2. The third-order valence-electron chi connectivity index (χ3n) is 12.5. The molecule has 2 aliphatic carbocycles. The quantitative estimate of drug-likeness (QED) is 0.155. The average molecular weight is 823 g/mol. The Morgan fingerprint density at radius 3 is 2.32 bits per heavy atom. The van der Waals surface area contributed by atoms with Crippen LogP contribution in [0.15, 0.2) is 58.1 Å². The normalized spacial score (nSPS) is 20.6. The molecule has 3 N–H and O–H groups in total. The van der Waals surface area contributed by atoms with Crippen molar-refractivity contribution in [1.82, 2.24) is 24.0 Å². The molecule has 2 fully saturated rings. The molecule has 0 saturated heterocycles. The Hall–Kier alpha value is -4.92. The Kier molecular flexibility index (Phi) is 9.68. The topological polar surface area (TPSA) is 137 Å². The standard InChI is InChI=1S/C41H40Cl2F3N7O4/c1-51-29-19-30(41(44,45)46)50-34(31(29)36(54)52(2)38(51)56)48-27-9-5-7-25(33(27)43)24-6-4-8-26(32(24)42)28-18-22-20-53(16-10-23(22)35(49-28)57-3)17-15-39-11-13-40(21-39,14-12-39)37(47)55/h4-9,18-19H,10-17,20-21H2,1-3H3,(H2,47,55)(H,48,50). The molecule has 0 radical (unpaired) electrons. The minimum Gasteiger partial charge on any atom is -0.481 e. The first-order valence-electron chi connectivity index (χ1n) is 18.7. The van der Waals surface area contributed by atoms with Crippen LogP contribution in [0.2, 0.25) is 10.0 Å². The fourth-order valence-electron chi connectivity index (χ4n) is 9.22. The van der Waals surface area contributed by atoms with Crippen LogP contribution in [0.3, 0.4) is 0 Å². The number of ether oxygens (including phenoxy) is 1. The molecule has 0 unspecified atom stereocenters. The van der Waals surface area contributed by atoms with E-state index in [4.69, 9.17) is 38.7 Å². The minimum absolute atomic E-state index is 0.106. The molecule has 0 atom stereocenters. The molecule has 16 heteroatoms. The van der Waals surface area contributed by atoms with Gasteiger partial charge in [-0.15, -0.1) is 0 Å². The van der Waals surface area contributed by atoms with E-state index in [0.717, 1.165) is 78.3 Å². The maximum absolute atomic E-state index is 14.0. The molecular formula is C41H40Cl2F3N7O4. The number of fused-ring (bicyclic) bond motifs is 4. The molecule has 3 aromatic heterocycles. The summed E-state index contributed by atoms with van der Waals surface area (Å²) < 4.78 is 49.6. The zero-order valence-corrected chi connectivity index (χ0v) is 33.0. The van der Waals surface area contributed by atoms with Gasteiger partial charge in [-0.3, -0.25) is 23.6 Å². The van der Waals surface area contributed by atoms with Crippen molar-refractivity contribution in [1.29, 1.82) is 0 Å². The summed E-state index contributed by atoms with van der Waals surface area (Å²) >= 11 is 14.1. The lowest BCUT2D eigenvalue weighted by Crippen LogP contribution is -2.37. The molecular weight excluding hydrogens is 782 g/mol. The highest BCUT2D eigenvalue weighted by atomic mass is 35.5. The number of aryl methyl sites for hydroxylation is 1. The summed E-state index contributed by atoms with van der Waals surface area (Å²) in [6, 6.07) is 13.1. The number of nitrogens with zero attached hydrogens (tertiary/aromatic N) is 5. The summed E-state index contributed by atoms with van der Waals surface area (Å²) in [6.45, 7) is 2.47. The number of halogens is 5. The number of primary amides is 1. The summed E-state index contributed by atoms with van der Waals surface area (Å²) in [6.07, 6.45) is 1.66. The highest BCUT2D eigenvalue weighted by Crippen LogP contribution is 2.63. The third kappa shape index (κ3) is 6.64. The summed E-state index contributed by atoms with van der Waals surface area (Å²) in [5, 5.41) is 3.07. The lowest BCUT2D eigenvalue weighted by molar-refractivity contribution is -0.141. The van der Waals surface area contributed by atoms with Crippen molar-refractivity contribution in [3.8, 4) is 28.3 Å². The number of amides is 1. The number of pyridine rings is 2. The predicted molar refractivity (Wildman–Crippen MR) is 213 cm³/mol. The first kappa shape index (κ1) is 38.9. The largest absolute Gasteiger partial charge is 0.481 e. The van der Waals surface area contributed by atoms with E-state index in [-0.39, 0.29) is 38.4 Å². The number of nitrogens with one attached hydrogen (secondary N) is 1. The van der Waals surface area contributed by atoms with Gasteiger partial charge in [0.05, 0.1) is 34.1 Å². The lowest BCUT2D eigenvalue weighted by atomic mass is 9.80. The number of methoxy groups -OCH3 is 1. The average Bonchev–Trinajstić information content (AvgIpc) is 3.77. The van der Waals surface area contributed by atoms with E-state index in [1.165, 1.54) is 14.1 Å². The monoisotopic (exact) mass is 821 g/mol. The van der Waals surface area contributed by atoms with E-state index < -0.39 is 28.9 Å². The number of rotatable bonds is 9. The van der Waals surface area contributed by atoms with E-state index in [1.54, 1.807) is 31.4 Å².